The highest BCUT2D eigenvalue weighted by molar-refractivity contribution is 7.98. The number of nitrogens with one attached hydrogen (secondary N) is 2. The third kappa shape index (κ3) is 8.73. The van der Waals surface area contributed by atoms with Gasteiger partial charge in [0, 0.05) is 0 Å². The topological polar surface area (TPSA) is 125 Å². The van der Waals surface area contributed by atoms with Gasteiger partial charge in [-0.05, 0) is 39.2 Å². The second-order valence-electron chi connectivity index (χ2n) is 5.56. The Bertz CT molecular complexity index is 396. The number of aliphatic hydroxyl groups excluding tert-OH is 1. The van der Waals surface area contributed by atoms with Crippen molar-refractivity contribution in [3.63, 3.8) is 0 Å². The summed E-state index contributed by atoms with van der Waals surface area (Å²) in [6, 6.07) is -2.35. The number of carboxylic acid groups (broad SMARTS) is 1. The summed E-state index contributed by atoms with van der Waals surface area (Å²) >= 11 is 1.48. The van der Waals surface area contributed by atoms with Crippen molar-refractivity contribution in [2.24, 2.45) is 0 Å². The van der Waals surface area contributed by atoms with Crippen LogP contribution in [0.1, 0.15) is 27.2 Å². The molecule has 0 unspecified atom stereocenters. The summed E-state index contributed by atoms with van der Waals surface area (Å²) in [6.07, 6.45) is 1.39. The van der Waals surface area contributed by atoms with Crippen LogP contribution in [0.15, 0.2) is 0 Å². The molecule has 4 N–H and O–H groups in total. The molecular weight excluding hydrogens is 312 g/mol. The quantitative estimate of drug-likeness (QED) is 0.499. The molecule has 8 nitrogen and oxygen atoms in total. The molecule has 128 valence electrons. The summed E-state index contributed by atoms with van der Waals surface area (Å²) in [5.41, 5.74) is -0.709. The van der Waals surface area contributed by atoms with Gasteiger partial charge in [0.25, 0.3) is 0 Å². The fourth-order valence-electron chi connectivity index (χ4n) is 1.41. The van der Waals surface area contributed by atoms with E-state index in [2.05, 4.69) is 10.6 Å². The van der Waals surface area contributed by atoms with Crippen molar-refractivity contribution in [3.05, 3.63) is 0 Å². The molecule has 22 heavy (non-hydrogen) atoms. The number of amides is 2. The summed E-state index contributed by atoms with van der Waals surface area (Å²) in [6.45, 7) is 4.34. The SMILES string of the molecule is CSCC[C@H](NC(=O)OC(C)(C)C)C(=O)N[C@@H](CO)C(=O)O. The van der Waals surface area contributed by atoms with Crippen LogP contribution in [0.3, 0.4) is 0 Å². The first-order valence-corrected chi connectivity index (χ1v) is 8.12. The van der Waals surface area contributed by atoms with Crippen molar-refractivity contribution in [1.29, 1.82) is 0 Å². The molecular formula is C13H24N2O6S. The molecule has 9 heteroatoms. The fourth-order valence-corrected chi connectivity index (χ4v) is 1.88. The summed E-state index contributed by atoms with van der Waals surface area (Å²) in [7, 11) is 0. The van der Waals surface area contributed by atoms with Gasteiger partial charge in [-0.25, -0.2) is 9.59 Å². The Morgan fingerprint density at radius 2 is 1.77 bits per heavy atom. The van der Waals surface area contributed by atoms with E-state index in [0.29, 0.717) is 12.2 Å². The Morgan fingerprint density at radius 3 is 2.18 bits per heavy atom. The maximum Gasteiger partial charge on any atom is 0.408 e. The maximum absolute atomic E-state index is 12.1. The van der Waals surface area contributed by atoms with Crippen LogP contribution in [0.25, 0.3) is 0 Å². The van der Waals surface area contributed by atoms with Gasteiger partial charge in [0.05, 0.1) is 6.61 Å². The van der Waals surface area contributed by atoms with Crippen molar-refractivity contribution in [1.82, 2.24) is 10.6 Å². The van der Waals surface area contributed by atoms with Gasteiger partial charge in [-0.15, -0.1) is 0 Å². The van der Waals surface area contributed by atoms with E-state index in [9.17, 15) is 14.4 Å². The number of rotatable bonds is 8. The number of ether oxygens (including phenoxy) is 1. The van der Waals surface area contributed by atoms with Gasteiger partial charge in [0.15, 0.2) is 0 Å². The number of carbonyl (C=O) groups excluding carboxylic acids is 2. The molecule has 0 aromatic heterocycles. The molecule has 0 spiro atoms. The zero-order valence-corrected chi connectivity index (χ0v) is 14.0. The maximum atomic E-state index is 12.1. The Morgan fingerprint density at radius 1 is 1.18 bits per heavy atom. The summed E-state index contributed by atoms with van der Waals surface area (Å²) in [5.74, 6) is -1.44. The monoisotopic (exact) mass is 336 g/mol. The molecule has 2 amide bonds. The molecule has 0 aromatic rings. The first-order chi connectivity index (χ1) is 10.1. The Balaban J connectivity index is 4.77. The Labute approximate surface area is 134 Å². The van der Waals surface area contributed by atoms with Gasteiger partial charge in [-0.3, -0.25) is 4.79 Å². The van der Waals surface area contributed by atoms with Gasteiger partial charge < -0.3 is 25.6 Å². The molecule has 0 rings (SSSR count). The number of alkyl carbamates (subject to hydrolysis) is 1. The standard InChI is InChI=1S/C13H24N2O6S/c1-13(2,3)21-12(20)15-8(5-6-22-4)10(17)14-9(7-16)11(18)19/h8-9,16H,5-7H2,1-4H3,(H,14,17)(H,15,20)(H,18,19)/t8-,9-/m0/s1. The molecule has 0 aliphatic carbocycles. The lowest BCUT2D eigenvalue weighted by Gasteiger charge is -2.24. The second kappa shape index (κ2) is 9.52. The van der Waals surface area contributed by atoms with E-state index >= 15 is 0 Å². The number of carboxylic acids is 1. The summed E-state index contributed by atoms with van der Waals surface area (Å²) in [5, 5.41) is 22.3. The number of thioether (sulfide) groups is 1. The van der Waals surface area contributed by atoms with E-state index in [0.717, 1.165) is 0 Å². The number of aliphatic carboxylic acids is 1. The smallest absolute Gasteiger partial charge is 0.408 e. The van der Waals surface area contributed by atoms with Crippen LogP contribution in [0.5, 0.6) is 0 Å². The second-order valence-corrected chi connectivity index (χ2v) is 6.55. The highest BCUT2D eigenvalue weighted by atomic mass is 32.2. The third-order valence-electron chi connectivity index (χ3n) is 2.42. The lowest BCUT2D eigenvalue weighted by Crippen LogP contribution is -2.53. The van der Waals surface area contributed by atoms with E-state index < -0.39 is 42.3 Å². The first-order valence-electron chi connectivity index (χ1n) is 6.73. The predicted octanol–water partition coefficient (Wildman–Crippen LogP) is 0.195. The van der Waals surface area contributed by atoms with Gasteiger partial charge in [-0.1, -0.05) is 0 Å². The van der Waals surface area contributed by atoms with Gasteiger partial charge in [0.2, 0.25) is 5.91 Å². The number of carbonyl (C=O) groups is 3. The molecule has 0 radical (unpaired) electrons. The molecule has 0 aromatic carbocycles. The zero-order chi connectivity index (χ0) is 17.3. The summed E-state index contributed by atoms with van der Waals surface area (Å²) < 4.78 is 5.07. The molecule has 0 aliphatic rings. The molecule has 0 saturated heterocycles. The Kier molecular flexibility index (Phi) is 8.88. The van der Waals surface area contributed by atoms with Crippen LogP contribution in [0.2, 0.25) is 0 Å². The normalized spacial score (nSPS) is 13.9. The first kappa shape index (κ1) is 20.5. The molecule has 0 fully saturated rings. The lowest BCUT2D eigenvalue weighted by molar-refractivity contribution is -0.143. The van der Waals surface area contributed by atoms with Crippen LogP contribution >= 0.6 is 11.8 Å². The zero-order valence-electron chi connectivity index (χ0n) is 13.2. The van der Waals surface area contributed by atoms with Crippen LogP contribution in [-0.2, 0) is 14.3 Å². The minimum absolute atomic E-state index is 0.310. The van der Waals surface area contributed by atoms with E-state index in [4.69, 9.17) is 14.9 Å². The van der Waals surface area contributed by atoms with Gasteiger partial charge >= 0.3 is 12.1 Å². The van der Waals surface area contributed by atoms with E-state index in [1.54, 1.807) is 20.8 Å². The highest BCUT2D eigenvalue weighted by Crippen LogP contribution is 2.08. The van der Waals surface area contributed by atoms with Crippen molar-refractivity contribution in [2.45, 2.75) is 44.9 Å². The number of aliphatic hydroxyl groups is 1. The van der Waals surface area contributed by atoms with E-state index in [-0.39, 0.29) is 0 Å². The lowest BCUT2D eigenvalue weighted by atomic mass is 10.2. The Hall–Kier alpha value is -1.48. The average Bonchev–Trinajstić information content (AvgIpc) is 2.37. The fraction of sp³-hybridized carbons (Fsp3) is 0.769. The minimum Gasteiger partial charge on any atom is -0.480 e. The largest absolute Gasteiger partial charge is 0.480 e. The minimum atomic E-state index is -1.41. The average molecular weight is 336 g/mol. The molecule has 0 saturated carbocycles. The van der Waals surface area contributed by atoms with Crippen molar-refractivity contribution in [2.75, 3.05) is 18.6 Å². The van der Waals surface area contributed by atoms with Crippen LogP contribution in [0, 0.1) is 0 Å². The van der Waals surface area contributed by atoms with Crippen molar-refractivity contribution < 1.29 is 29.3 Å². The van der Waals surface area contributed by atoms with Crippen LogP contribution < -0.4 is 10.6 Å². The molecule has 2 atom stereocenters. The van der Waals surface area contributed by atoms with Crippen molar-refractivity contribution in [3.8, 4) is 0 Å². The van der Waals surface area contributed by atoms with E-state index in [1.165, 1.54) is 11.8 Å². The molecule has 0 heterocycles. The predicted molar refractivity (Wildman–Crippen MR) is 82.8 cm³/mol. The van der Waals surface area contributed by atoms with Gasteiger partial charge in [0.1, 0.15) is 17.7 Å². The summed E-state index contributed by atoms with van der Waals surface area (Å²) in [4.78, 5) is 34.6. The number of hydrogen-bond acceptors (Lipinski definition) is 6. The van der Waals surface area contributed by atoms with Crippen molar-refractivity contribution >= 4 is 29.7 Å². The molecule has 0 bridgehead atoms. The highest BCUT2D eigenvalue weighted by Gasteiger charge is 2.27. The molecule has 0 aliphatic heterocycles. The van der Waals surface area contributed by atoms with E-state index in [1.807, 2.05) is 6.26 Å². The number of hydrogen-bond donors (Lipinski definition) is 4. The van der Waals surface area contributed by atoms with Crippen LogP contribution in [0.4, 0.5) is 4.79 Å². The van der Waals surface area contributed by atoms with Gasteiger partial charge in [-0.2, -0.15) is 11.8 Å². The third-order valence-corrected chi connectivity index (χ3v) is 3.06. The van der Waals surface area contributed by atoms with Crippen LogP contribution in [-0.4, -0.2) is 64.5 Å².